The SMILES string of the molecule is CCOC(COc1ccc([N+](=O)[O-])cc1F)C(=O)O. The Balaban J connectivity index is 2.72. The molecule has 1 aromatic rings. The van der Waals surface area contributed by atoms with Gasteiger partial charge in [0.15, 0.2) is 17.7 Å². The normalized spacial score (nSPS) is 11.9. The zero-order valence-electron chi connectivity index (χ0n) is 10.0. The fourth-order valence-corrected chi connectivity index (χ4v) is 1.28. The number of aliphatic carboxylic acids is 1. The topological polar surface area (TPSA) is 98.9 Å². The van der Waals surface area contributed by atoms with Gasteiger partial charge in [-0.3, -0.25) is 10.1 Å². The van der Waals surface area contributed by atoms with Gasteiger partial charge in [0.05, 0.1) is 11.0 Å². The largest absolute Gasteiger partial charge is 0.487 e. The van der Waals surface area contributed by atoms with Crippen LogP contribution in [0.25, 0.3) is 0 Å². The molecule has 1 unspecified atom stereocenters. The molecule has 8 heteroatoms. The fraction of sp³-hybridized carbons (Fsp3) is 0.364. The Morgan fingerprint density at radius 2 is 2.26 bits per heavy atom. The molecule has 1 aromatic carbocycles. The zero-order valence-corrected chi connectivity index (χ0v) is 10.0. The molecule has 7 nitrogen and oxygen atoms in total. The molecule has 0 amide bonds. The van der Waals surface area contributed by atoms with E-state index in [1.807, 2.05) is 0 Å². The number of nitro groups is 1. The van der Waals surface area contributed by atoms with Gasteiger partial charge >= 0.3 is 5.97 Å². The van der Waals surface area contributed by atoms with Crippen LogP contribution in [-0.2, 0) is 9.53 Å². The van der Waals surface area contributed by atoms with Crippen LogP contribution in [-0.4, -0.2) is 35.3 Å². The minimum atomic E-state index is -1.23. The van der Waals surface area contributed by atoms with Gasteiger partial charge in [-0.1, -0.05) is 0 Å². The van der Waals surface area contributed by atoms with Crippen molar-refractivity contribution < 1.29 is 28.7 Å². The maximum Gasteiger partial charge on any atom is 0.336 e. The lowest BCUT2D eigenvalue weighted by Gasteiger charge is -2.13. The van der Waals surface area contributed by atoms with Crippen molar-refractivity contribution in [1.29, 1.82) is 0 Å². The lowest BCUT2D eigenvalue weighted by Crippen LogP contribution is -2.30. The number of nitrogens with zero attached hydrogens (tertiary/aromatic N) is 1. The molecule has 1 rings (SSSR count). The monoisotopic (exact) mass is 273 g/mol. The third-order valence-corrected chi connectivity index (χ3v) is 2.16. The molecule has 0 saturated carbocycles. The van der Waals surface area contributed by atoms with E-state index in [0.717, 1.165) is 12.1 Å². The molecule has 0 fully saturated rings. The number of carboxylic acids is 1. The number of halogens is 1. The van der Waals surface area contributed by atoms with Gasteiger partial charge in [-0.15, -0.1) is 0 Å². The highest BCUT2D eigenvalue weighted by molar-refractivity contribution is 5.72. The van der Waals surface area contributed by atoms with Crippen molar-refractivity contribution in [2.45, 2.75) is 13.0 Å². The standard InChI is InChI=1S/C11H12FNO6/c1-2-18-10(11(14)15)6-19-9-4-3-7(13(16)17)5-8(9)12/h3-5,10H,2,6H2,1H3,(H,14,15). The van der Waals surface area contributed by atoms with Crippen molar-refractivity contribution in [2.24, 2.45) is 0 Å². The summed E-state index contributed by atoms with van der Waals surface area (Å²) in [6.07, 6.45) is -1.22. The van der Waals surface area contributed by atoms with Crippen LogP contribution in [0.5, 0.6) is 5.75 Å². The van der Waals surface area contributed by atoms with Gasteiger partial charge in [-0.2, -0.15) is 0 Å². The first-order valence-corrected chi connectivity index (χ1v) is 5.36. The average molecular weight is 273 g/mol. The molecule has 104 valence electrons. The highest BCUT2D eigenvalue weighted by Gasteiger charge is 2.19. The summed E-state index contributed by atoms with van der Waals surface area (Å²) in [6, 6.07) is 2.83. The van der Waals surface area contributed by atoms with Crippen LogP contribution in [0.2, 0.25) is 0 Å². The fourth-order valence-electron chi connectivity index (χ4n) is 1.28. The number of hydrogen-bond acceptors (Lipinski definition) is 5. The van der Waals surface area contributed by atoms with Gasteiger partial charge in [0.1, 0.15) is 6.61 Å². The summed E-state index contributed by atoms with van der Waals surface area (Å²) < 4.78 is 23.2. The number of ether oxygens (including phenoxy) is 2. The quantitative estimate of drug-likeness (QED) is 0.598. The van der Waals surface area contributed by atoms with Crippen LogP contribution in [0.15, 0.2) is 18.2 Å². The van der Waals surface area contributed by atoms with Crippen LogP contribution in [0, 0.1) is 15.9 Å². The van der Waals surface area contributed by atoms with Crippen LogP contribution < -0.4 is 4.74 Å². The van der Waals surface area contributed by atoms with Crippen molar-refractivity contribution >= 4 is 11.7 Å². The molecule has 0 bridgehead atoms. The Kier molecular flexibility index (Phi) is 5.19. The molecule has 0 aromatic heterocycles. The summed E-state index contributed by atoms with van der Waals surface area (Å²) in [5, 5.41) is 19.2. The van der Waals surface area contributed by atoms with Crippen molar-refractivity contribution in [3.05, 3.63) is 34.1 Å². The highest BCUT2D eigenvalue weighted by atomic mass is 19.1. The van der Waals surface area contributed by atoms with E-state index in [1.54, 1.807) is 6.92 Å². The molecule has 0 saturated heterocycles. The lowest BCUT2D eigenvalue weighted by molar-refractivity contribution is -0.385. The van der Waals surface area contributed by atoms with Crippen LogP contribution >= 0.6 is 0 Å². The minimum absolute atomic E-state index is 0.170. The maximum absolute atomic E-state index is 13.4. The first-order chi connectivity index (χ1) is 8.95. The maximum atomic E-state index is 13.4. The number of nitro benzene ring substituents is 1. The van der Waals surface area contributed by atoms with Gasteiger partial charge < -0.3 is 14.6 Å². The van der Waals surface area contributed by atoms with E-state index < -0.39 is 35.1 Å². The molecule has 0 spiro atoms. The molecule has 19 heavy (non-hydrogen) atoms. The first-order valence-electron chi connectivity index (χ1n) is 5.36. The molecular weight excluding hydrogens is 261 g/mol. The van der Waals surface area contributed by atoms with Crippen molar-refractivity contribution in [1.82, 2.24) is 0 Å². The Hall–Kier alpha value is -2.22. The van der Waals surface area contributed by atoms with E-state index in [4.69, 9.17) is 14.6 Å². The lowest BCUT2D eigenvalue weighted by atomic mass is 10.3. The van der Waals surface area contributed by atoms with Crippen molar-refractivity contribution in [3.8, 4) is 5.75 Å². The minimum Gasteiger partial charge on any atom is -0.487 e. The third-order valence-electron chi connectivity index (χ3n) is 2.16. The summed E-state index contributed by atoms with van der Waals surface area (Å²) >= 11 is 0. The first kappa shape index (κ1) is 14.8. The molecule has 1 atom stereocenters. The van der Waals surface area contributed by atoms with E-state index in [-0.39, 0.29) is 12.4 Å². The molecule has 0 radical (unpaired) electrons. The van der Waals surface area contributed by atoms with Gasteiger partial charge in [0.2, 0.25) is 0 Å². The molecule has 0 aliphatic rings. The number of non-ortho nitro benzene ring substituents is 1. The second kappa shape index (κ2) is 6.64. The number of hydrogen-bond donors (Lipinski definition) is 1. The summed E-state index contributed by atoms with van der Waals surface area (Å²) in [7, 11) is 0. The number of carbonyl (C=O) groups is 1. The zero-order chi connectivity index (χ0) is 14.4. The summed E-state index contributed by atoms with van der Waals surface area (Å²) in [5.74, 6) is -2.43. The Morgan fingerprint density at radius 1 is 1.58 bits per heavy atom. The Morgan fingerprint density at radius 3 is 2.74 bits per heavy atom. The number of benzene rings is 1. The second-order valence-electron chi connectivity index (χ2n) is 3.47. The average Bonchev–Trinajstić information content (AvgIpc) is 2.35. The molecular formula is C11H12FNO6. The van der Waals surface area contributed by atoms with E-state index in [9.17, 15) is 19.3 Å². The van der Waals surface area contributed by atoms with Crippen LogP contribution in [0.4, 0.5) is 10.1 Å². The van der Waals surface area contributed by atoms with E-state index in [0.29, 0.717) is 6.07 Å². The summed E-state index contributed by atoms with van der Waals surface area (Å²) in [6.45, 7) is 1.39. The van der Waals surface area contributed by atoms with Crippen LogP contribution in [0.3, 0.4) is 0 Å². The van der Waals surface area contributed by atoms with Crippen LogP contribution in [0.1, 0.15) is 6.92 Å². The predicted molar refractivity (Wildman–Crippen MR) is 61.6 cm³/mol. The van der Waals surface area contributed by atoms with E-state index >= 15 is 0 Å². The third kappa shape index (κ3) is 4.18. The second-order valence-corrected chi connectivity index (χ2v) is 3.47. The van der Waals surface area contributed by atoms with Crippen molar-refractivity contribution in [3.63, 3.8) is 0 Å². The number of carboxylic acid groups (broad SMARTS) is 1. The van der Waals surface area contributed by atoms with E-state index in [1.165, 1.54) is 0 Å². The highest BCUT2D eigenvalue weighted by Crippen LogP contribution is 2.22. The Labute approximate surface area is 107 Å². The molecule has 0 heterocycles. The predicted octanol–water partition coefficient (Wildman–Crippen LogP) is 1.60. The van der Waals surface area contributed by atoms with Crippen molar-refractivity contribution in [2.75, 3.05) is 13.2 Å². The number of rotatable bonds is 7. The smallest absolute Gasteiger partial charge is 0.336 e. The summed E-state index contributed by atoms with van der Waals surface area (Å²) in [5.41, 5.74) is -0.413. The molecule has 0 aliphatic carbocycles. The molecule has 0 aliphatic heterocycles. The van der Waals surface area contributed by atoms with Gasteiger partial charge in [-0.25, -0.2) is 9.18 Å². The Bertz CT molecular complexity index is 478. The summed E-state index contributed by atoms with van der Waals surface area (Å²) in [4.78, 5) is 20.4. The van der Waals surface area contributed by atoms with Gasteiger partial charge in [0.25, 0.3) is 5.69 Å². The molecule has 1 N–H and O–H groups in total. The van der Waals surface area contributed by atoms with Gasteiger partial charge in [0, 0.05) is 12.7 Å². The van der Waals surface area contributed by atoms with E-state index in [2.05, 4.69) is 0 Å². The van der Waals surface area contributed by atoms with Gasteiger partial charge in [-0.05, 0) is 13.0 Å².